The van der Waals surface area contributed by atoms with Gasteiger partial charge in [0.25, 0.3) is 0 Å². The smallest absolute Gasteiger partial charge is 0.416 e. The number of rotatable bonds is 7. The second-order valence-electron chi connectivity index (χ2n) is 9.02. The number of nitrogens with zero attached hydrogens (tertiary/aromatic N) is 1. The van der Waals surface area contributed by atoms with Crippen LogP contribution in [0, 0.1) is 0 Å². The van der Waals surface area contributed by atoms with Gasteiger partial charge in [-0.05, 0) is 34.4 Å². The largest absolute Gasteiger partial charge is 0.445 e. The molecule has 0 aromatic heterocycles. The normalized spacial score (nSPS) is 15.8. The minimum absolute atomic E-state index is 0.0178. The topological polar surface area (TPSA) is 102 Å². The van der Waals surface area contributed by atoms with Crippen molar-refractivity contribution in [1.82, 2.24) is 10.2 Å². The molecular formula is C28H26F3N3O4. The molecule has 3 N–H and O–H groups in total. The van der Waals surface area contributed by atoms with Crippen LogP contribution in [0.3, 0.4) is 0 Å². The number of primary amides is 1. The fraction of sp³-hybridized carbons (Fsp3) is 0.250. The van der Waals surface area contributed by atoms with Crippen molar-refractivity contribution in [2.75, 3.05) is 0 Å². The Kier molecular flexibility index (Phi) is 7.99. The molecule has 0 saturated carbocycles. The second-order valence-corrected chi connectivity index (χ2v) is 9.02. The van der Waals surface area contributed by atoms with Gasteiger partial charge >= 0.3 is 12.3 Å². The van der Waals surface area contributed by atoms with Crippen LogP contribution in [0.25, 0.3) is 0 Å². The van der Waals surface area contributed by atoms with E-state index in [1.807, 2.05) is 54.6 Å². The van der Waals surface area contributed by atoms with E-state index in [1.54, 1.807) is 0 Å². The van der Waals surface area contributed by atoms with Gasteiger partial charge in [0.1, 0.15) is 18.7 Å². The molecule has 0 saturated heterocycles. The van der Waals surface area contributed by atoms with Crippen molar-refractivity contribution in [3.8, 4) is 0 Å². The third-order valence-corrected chi connectivity index (χ3v) is 6.37. The second kappa shape index (κ2) is 11.4. The zero-order chi connectivity index (χ0) is 27.3. The van der Waals surface area contributed by atoms with E-state index in [1.165, 1.54) is 17.0 Å². The fourth-order valence-corrected chi connectivity index (χ4v) is 4.31. The molecule has 7 nitrogen and oxygen atoms in total. The number of nitrogens with two attached hydrogens (primary N) is 1. The monoisotopic (exact) mass is 525 g/mol. The van der Waals surface area contributed by atoms with Gasteiger partial charge < -0.3 is 15.8 Å². The van der Waals surface area contributed by atoms with Crippen molar-refractivity contribution >= 4 is 17.9 Å². The van der Waals surface area contributed by atoms with Crippen molar-refractivity contribution < 1.29 is 32.3 Å². The van der Waals surface area contributed by atoms with Crippen LogP contribution in [0.4, 0.5) is 18.0 Å². The van der Waals surface area contributed by atoms with E-state index < -0.39 is 41.7 Å². The first-order chi connectivity index (χ1) is 18.1. The van der Waals surface area contributed by atoms with Crippen LogP contribution >= 0.6 is 0 Å². The number of halogens is 3. The highest BCUT2D eigenvalue weighted by Gasteiger charge is 2.37. The Balaban J connectivity index is 1.50. The molecule has 0 bridgehead atoms. The number of hydrogen-bond donors (Lipinski definition) is 2. The highest BCUT2D eigenvalue weighted by molar-refractivity contribution is 5.91. The van der Waals surface area contributed by atoms with Crippen LogP contribution < -0.4 is 11.1 Å². The SMILES string of the molecule is NC(=O)[C@H](Cc1ccc(C(F)(F)F)cc1)NC(=O)[C@@H]1Cc2ccccc2CN1C(=O)OCc1ccccc1. The zero-order valence-corrected chi connectivity index (χ0v) is 20.3. The van der Waals surface area contributed by atoms with E-state index in [9.17, 15) is 27.6 Å². The Morgan fingerprint density at radius 3 is 2.18 bits per heavy atom. The van der Waals surface area contributed by atoms with Gasteiger partial charge in [-0.15, -0.1) is 0 Å². The van der Waals surface area contributed by atoms with Crippen LogP contribution in [0.5, 0.6) is 0 Å². The minimum Gasteiger partial charge on any atom is -0.445 e. The molecule has 10 heteroatoms. The molecule has 0 fully saturated rings. The average Bonchev–Trinajstić information content (AvgIpc) is 2.90. The third kappa shape index (κ3) is 6.50. The summed E-state index contributed by atoms with van der Waals surface area (Å²) >= 11 is 0. The number of alkyl halides is 3. The molecular weight excluding hydrogens is 499 g/mol. The van der Waals surface area contributed by atoms with E-state index in [0.717, 1.165) is 28.8 Å². The Morgan fingerprint density at radius 2 is 1.55 bits per heavy atom. The summed E-state index contributed by atoms with van der Waals surface area (Å²) in [6.07, 6.45) is -5.11. The summed E-state index contributed by atoms with van der Waals surface area (Å²) in [7, 11) is 0. The minimum atomic E-state index is -4.49. The van der Waals surface area contributed by atoms with Gasteiger partial charge in [0.05, 0.1) is 12.1 Å². The molecule has 3 aromatic rings. The van der Waals surface area contributed by atoms with Gasteiger partial charge in [-0.1, -0.05) is 66.7 Å². The van der Waals surface area contributed by atoms with Gasteiger partial charge in [0, 0.05) is 12.8 Å². The first-order valence-electron chi connectivity index (χ1n) is 11.9. The van der Waals surface area contributed by atoms with Crippen LogP contribution in [0.2, 0.25) is 0 Å². The maximum absolute atomic E-state index is 13.4. The predicted molar refractivity (Wildman–Crippen MR) is 132 cm³/mol. The molecule has 1 aliphatic heterocycles. The number of carbonyl (C=O) groups excluding carboxylic acids is 3. The molecule has 0 spiro atoms. The predicted octanol–water partition coefficient (Wildman–Crippen LogP) is 3.98. The lowest BCUT2D eigenvalue weighted by Crippen LogP contribution is -2.56. The number of amides is 3. The first kappa shape index (κ1) is 26.7. The number of hydrogen-bond acceptors (Lipinski definition) is 4. The summed E-state index contributed by atoms with van der Waals surface area (Å²) in [5.41, 5.74) is 7.58. The van der Waals surface area contributed by atoms with Crippen molar-refractivity contribution in [3.63, 3.8) is 0 Å². The Bertz CT molecular complexity index is 1300. The van der Waals surface area contributed by atoms with Crippen molar-refractivity contribution in [3.05, 3.63) is 107 Å². The summed E-state index contributed by atoms with van der Waals surface area (Å²) in [5.74, 6) is -1.47. The summed E-state index contributed by atoms with van der Waals surface area (Å²) in [6.45, 7) is 0.145. The van der Waals surface area contributed by atoms with E-state index in [4.69, 9.17) is 10.5 Å². The van der Waals surface area contributed by atoms with Crippen LogP contribution in [-0.4, -0.2) is 34.9 Å². The maximum Gasteiger partial charge on any atom is 0.416 e. The number of nitrogens with one attached hydrogen (secondary N) is 1. The quantitative estimate of drug-likeness (QED) is 0.487. The van der Waals surface area contributed by atoms with Crippen LogP contribution in [0.15, 0.2) is 78.9 Å². The third-order valence-electron chi connectivity index (χ3n) is 6.37. The molecule has 3 amide bonds. The Hall–Kier alpha value is -4.34. The molecule has 4 rings (SSSR count). The van der Waals surface area contributed by atoms with Crippen molar-refractivity contribution in [1.29, 1.82) is 0 Å². The van der Waals surface area contributed by atoms with E-state index >= 15 is 0 Å². The molecule has 1 heterocycles. The summed E-state index contributed by atoms with van der Waals surface area (Å²) in [6, 6.07) is 18.5. The summed E-state index contributed by atoms with van der Waals surface area (Å²) in [4.78, 5) is 39.9. The molecule has 0 aliphatic carbocycles. The molecule has 0 radical (unpaired) electrons. The zero-order valence-electron chi connectivity index (χ0n) is 20.3. The lowest BCUT2D eigenvalue weighted by Gasteiger charge is -2.35. The van der Waals surface area contributed by atoms with Gasteiger partial charge in [-0.25, -0.2) is 4.79 Å². The Labute approximate surface area is 217 Å². The molecule has 3 aromatic carbocycles. The van der Waals surface area contributed by atoms with Crippen molar-refractivity contribution in [2.24, 2.45) is 5.73 Å². The van der Waals surface area contributed by atoms with Crippen molar-refractivity contribution in [2.45, 2.75) is 44.3 Å². The van der Waals surface area contributed by atoms with E-state index in [2.05, 4.69) is 5.32 Å². The first-order valence-corrected chi connectivity index (χ1v) is 11.9. The van der Waals surface area contributed by atoms with Gasteiger partial charge in [0.2, 0.25) is 11.8 Å². The Morgan fingerprint density at radius 1 is 0.921 bits per heavy atom. The lowest BCUT2D eigenvalue weighted by molar-refractivity contribution is -0.137. The maximum atomic E-state index is 13.4. The van der Waals surface area contributed by atoms with Crippen LogP contribution in [-0.2, 0) is 46.5 Å². The average molecular weight is 526 g/mol. The van der Waals surface area contributed by atoms with Crippen LogP contribution in [0.1, 0.15) is 27.8 Å². The number of benzene rings is 3. The van der Waals surface area contributed by atoms with E-state index in [0.29, 0.717) is 5.56 Å². The highest BCUT2D eigenvalue weighted by atomic mass is 19.4. The molecule has 198 valence electrons. The molecule has 0 unspecified atom stereocenters. The summed E-state index contributed by atoms with van der Waals surface area (Å²) in [5, 5.41) is 2.58. The molecule has 2 atom stereocenters. The van der Waals surface area contributed by atoms with Gasteiger partial charge in [-0.2, -0.15) is 13.2 Å². The molecule has 38 heavy (non-hydrogen) atoms. The number of ether oxygens (including phenoxy) is 1. The van der Waals surface area contributed by atoms with E-state index in [-0.39, 0.29) is 26.0 Å². The standard InChI is InChI=1S/C28H26F3N3O4/c29-28(30,31)22-12-10-18(11-13-22)14-23(25(32)35)33-26(36)24-15-20-8-4-5-9-21(20)16-34(24)27(37)38-17-19-6-2-1-3-7-19/h1-13,23-24H,14-17H2,(H2,32,35)(H,33,36)/t23-,24-/m0/s1. The number of carbonyl (C=O) groups is 3. The van der Waals surface area contributed by atoms with Gasteiger partial charge in [0.15, 0.2) is 0 Å². The lowest BCUT2D eigenvalue weighted by atomic mass is 9.93. The highest BCUT2D eigenvalue weighted by Crippen LogP contribution is 2.29. The fourth-order valence-electron chi connectivity index (χ4n) is 4.31. The summed E-state index contributed by atoms with van der Waals surface area (Å²) < 4.78 is 44.1. The molecule has 1 aliphatic rings. The number of fused-ring (bicyclic) bond motifs is 1. The van der Waals surface area contributed by atoms with Gasteiger partial charge in [-0.3, -0.25) is 14.5 Å².